The van der Waals surface area contributed by atoms with Gasteiger partial charge in [0.15, 0.2) is 0 Å². The minimum absolute atomic E-state index is 0.900. The smallest absolute Gasteiger partial charge is 0.143 e. The molecular weight excluding hydrogens is 476 g/mol. The van der Waals surface area contributed by atoms with Gasteiger partial charge in [0.2, 0.25) is 0 Å². The molecule has 0 saturated carbocycles. The van der Waals surface area contributed by atoms with Crippen LogP contribution in [0.15, 0.2) is 138 Å². The Labute approximate surface area is 225 Å². The number of hydrogen-bond acceptors (Lipinski definition) is 3. The average Bonchev–Trinajstić information content (AvgIpc) is 3.38. The summed E-state index contributed by atoms with van der Waals surface area (Å²) < 4.78 is 6.72. The number of aromatic nitrogens is 2. The summed E-state index contributed by atoms with van der Waals surface area (Å²) in [5, 5.41) is 7.05. The SMILES string of the molecule is c1cncc(-c2cc(-c3cccnc3)cc(-c3cc4ccccc4c4c3oc3cc5ccccc5cc34)c2)c1. The summed E-state index contributed by atoms with van der Waals surface area (Å²) in [6.07, 6.45) is 7.44. The van der Waals surface area contributed by atoms with Gasteiger partial charge in [-0.15, -0.1) is 0 Å². The van der Waals surface area contributed by atoms with Gasteiger partial charge in [0, 0.05) is 52.3 Å². The van der Waals surface area contributed by atoms with E-state index in [2.05, 4.69) is 107 Å². The van der Waals surface area contributed by atoms with Crippen molar-refractivity contribution in [3.63, 3.8) is 0 Å². The number of hydrogen-bond donors (Lipinski definition) is 0. The second-order valence-electron chi connectivity index (χ2n) is 9.93. The molecule has 0 unspecified atom stereocenters. The normalized spacial score (nSPS) is 11.6. The number of fused-ring (bicyclic) bond motifs is 6. The van der Waals surface area contributed by atoms with Gasteiger partial charge in [-0.1, -0.05) is 60.7 Å². The van der Waals surface area contributed by atoms with Crippen LogP contribution in [0.2, 0.25) is 0 Å². The zero-order chi connectivity index (χ0) is 25.8. The van der Waals surface area contributed by atoms with Crippen LogP contribution >= 0.6 is 0 Å². The number of nitrogens with zero attached hydrogens (tertiary/aromatic N) is 2. The third-order valence-electron chi connectivity index (χ3n) is 7.56. The highest BCUT2D eigenvalue weighted by Crippen LogP contribution is 2.43. The molecule has 3 nitrogen and oxygen atoms in total. The van der Waals surface area contributed by atoms with E-state index in [1.165, 1.54) is 21.5 Å². The Balaban J connectivity index is 1.48. The number of pyridine rings is 2. The van der Waals surface area contributed by atoms with Gasteiger partial charge in [-0.3, -0.25) is 9.97 Å². The molecule has 0 atom stereocenters. The standard InChI is InChI=1S/C36H22N2O/c1-2-8-24-20-34-33(18-23(24)7-1)35-31-12-4-3-9-25(31)19-32(36(35)39-34)30-16-28(26-10-5-13-37-21-26)15-29(17-30)27-11-6-14-38-22-27/h1-22H. The number of rotatable bonds is 3. The van der Waals surface area contributed by atoms with Crippen LogP contribution in [0.5, 0.6) is 0 Å². The van der Waals surface area contributed by atoms with Gasteiger partial charge >= 0.3 is 0 Å². The maximum atomic E-state index is 6.72. The van der Waals surface area contributed by atoms with Crippen LogP contribution in [0, 0.1) is 0 Å². The molecule has 0 saturated heterocycles. The Bertz CT molecular complexity index is 2110. The van der Waals surface area contributed by atoms with E-state index in [-0.39, 0.29) is 0 Å². The summed E-state index contributed by atoms with van der Waals surface area (Å²) in [6, 6.07) is 38.6. The average molecular weight is 499 g/mol. The third kappa shape index (κ3) is 3.59. The minimum Gasteiger partial charge on any atom is -0.455 e. The van der Waals surface area contributed by atoms with Crippen LogP contribution in [0.3, 0.4) is 0 Å². The molecular formula is C36H22N2O. The number of benzene rings is 5. The fourth-order valence-corrected chi connectivity index (χ4v) is 5.71. The van der Waals surface area contributed by atoms with Crippen molar-refractivity contribution in [2.45, 2.75) is 0 Å². The molecule has 0 N–H and O–H groups in total. The first-order chi connectivity index (χ1) is 19.3. The summed E-state index contributed by atoms with van der Waals surface area (Å²) in [7, 11) is 0. The van der Waals surface area contributed by atoms with E-state index >= 15 is 0 Å². The van der Waals surface area contributed by atoms with E-state index in [1.54, 1.807) is 12.4 Å². The lowest BCUT2D eigenvalue weighted by molar-refractivity contribution is 0.671. The van der Waals surface area contributed by atoms with Crippen molar-refractivity contribution in [2.75, 3.05) is 0 Å². The first-order valence-electron chi connectivity index (χ1n) is 13.0. The Morgan fingerprint density at radius 1 is 0.462 bits per heavy atom. The second-order valence-corrected chi connectivity index (χ2v) is 9.93. The van der Waals surface area contributed by atoms with Crippen molar-refractivity contribution >= 4 is 43.5 Å². The van der Waals surface area contributed by atoms with Crippen molar-refractivity contribution in [1.29, 1.82) is 0 Å². The van der Waals surface area contributed by atoms with Crippen molar-refractivity contribution in [3.8, 4) is 33.4 Å². The molecule has 182 valence electrons. The molecule has 0 aliphatic carbocycles. The topological polar surface area (TPSA) is 38.9 Å². The molecule has 0 amide bonds. The van der Waals surface area contributed by atoms with Crippen molar-refractivity contribution < 1.29 is 4.42 Å². The van der Waals surface area contributed by atoms with E-state index in [0.717, 1.165) is 55.3 Å². The quantitative estimate of drug-likeness (QED) is 0.243. The fourth-order valence-electron chi connectivity index (χ4n) is 5.71. The highest BCUT2D eigenvalue weighted by atomic mass is 16.3. The molecule has 0 bridgehead atoms. The van der Waals surface area contributed by atoms with E-state index in [0.29, 0.717) is 0 Å². The van der Waals surface area contributed by atoms with Crippen LogP contribution in [0.1, 0.15) is 0 Å². The summed E-state index contributed by atoms with van der Waals surface area (Å²) >= 11 is 0. The van der Waals surface area contributed by atoms with Crippen LogP contribution in [0.4, 0.5) is 0 Å². The highest BCUT2D eigenvalue weighted by molar-refractivity contribution is 6.24. The summed E-state index contributed by atoms with van der Waals surface area (Å²) in [5.41, 5.74) is 8.30. The maximum absolute atomic E-state index is 6.72. The molecule has 0 radical (unpaired) electrons. The molecule has 3 heterocycles. The van der Waals surface area contributed by atoms with Gasteiger partial charge in [-0.2, -0.15) is 0 Å². The fraction of sp³-hybridized carbons (Fsp3) is 0. The van der Waals surface area contributed by atoms with Crippen LogP contribution in [0.25, 0.3) is 76.9 Å². The molecule has 0 fully saturated rings. The predicted molar refractivity (Wildman–Crippen MR) is 161 cm³/mol. The molecule has 0 aliphatic rings. The lowest BCUT2D eigenvalue weighted by atomic mass is 9.91. The zero-order valence-corrected chi connectivity index (χ0v) is 21.0. The minimum atomic E-state index is 0.900. The lowest BCUT2D eigenvalue weighted by Gasteiger charge is -2.12. The Morgan fingerprint density at radius 2 is 1.08 bits per heavy atom. The monoisotopic (exact) mass is 498 g/mol. The molecule has 8 rings (SSSR count). The van der Waals surface area contributed by atoms with Gasteiger partial charge in [-0.05, 0) is 86.8 Å². The van der Waals surface area contributed by atoms with E-state index in [9.17, 15) is 0 Å². The summed E-state index contributed by atoms with van der Waals surface area (Å²) in [6.45, 7) is 0. The Morgan fingerprint density at radius 3 is 1.74 bits per heavy atom. The van der Waals surface area contributed by atoms with Crippen molar-refractivity contribution in [2.24, 2.45) is 0 Å². The lowest BCUT2D eigenvalue weighted by Crippen LogP contribution is -1.88. The first-order valence-corrected chi connectivity index (χ1v) is 13.0. The second kappa shape index (κ2) is 8.64. The summed E-state index contributed by atoms with van der Waals surface area (Å²) in [5.74, 6) is 0. The van der Waals surface area contributed by atoms with Gasteiger partial charge in [0.05, 0.1) is 0 Å². The highest BCUT2D eigenvalue weighted by Gasteiger charge is 2.18. The number of furan rings is 1. The predicted octanol–water partition coefficient (Wildman–Crippen LogP) is 9.68. The van der Waals surface area contributed by atoms with E-state index in [1.807, 2.05) is 24.5 Å². The third-order valence-corrected chi connectivity index (χ3v) is 7.56. The molecule has 0 spiro atoms. The van der Waals surface area contributed by atoms with Gasteiger partial charge in [-0.25, -0.2) is 0 Å². The van der Waals surface area contributed by atoms with E-state index in [4.69, 9.17) is 4.42 Å². The van der Waals surface area contributed by atoms with Crippen LogP contribution in [-0.2, 0) is 0 Å². The molecule has 8 aromatic rings. The molecule has 5 aromatic carbocycles. The maximum Gasteiger partial charge on any atom is 0.143 e. The van der Waals surface area contributed by atoms with Crippen LogP contribution < -0.4 is 0 Å². The van der Waals surface area contributed by atoms with Gasteiger partial charge in [0.25, 0.3) is 0 Å². The van der Waals surface area contributed by atoms with Crippen molar-refractivity contribution in [3.05, 3.63) is 134 Å². The largest absolute Gasteiger partial charge is 0.455 e. The van der Waals surface area contributed by atoms with E-state index < -0.39 is 0 Å². The zero-order valence-electron chi connectivity index (χ0n) is 21.0. The van der Waals surface area contributed by atoms with Crippen LogP contribution in [-0.4, -0.2) is 9.97 Å². The molecule has 3 heteroatoms. The van der Waals surface area contributed by atoms with Crippen molar-refractivity contribution in [1.82, 2.24) is 9.97 Å². The Kier molecular flexibility index (Phi) is 4.82. The van der Waals surface area contributed by atoms with Gasteiger partial charge < -0.3 is 4.42 Å². The molecule has 39 heavy (non-hydrogen) atoms. The summed E-state index contributed by atoms with van der Waals surface area (Å²) in [4.78, 5) is 8.76. The molecule has 3 aromatic heterocycles. The first kappa shape index (κ1) is 21.8. The Hall–Kier alpha value is -5.28. The van der Waals surface area contributed by atoms with Gasteiger partial charge in [0.1, 0.15) is 11.2 Å². The molecule has 0 aliphatic heterocycles.